The van der Waals surface area contributed by atoms with Crippen LogP contribution in [0.2, 0.25) is 0 Å². The molecule has 0 radical (unpaired) electrons. The van der Waals surface area contributed by atoms with Gasteiger partial charge in [-0.2, -0.15) is 0 Å². The fourth-order valence-corrected chi connectivity index (χ4v) is 2.12. The second kappa shape index (κ2) is 7.44. The summed E-state index contributed by atoms with van der Waals surface area (Å²) in [5, 5.41) is 5.46. The molecule has 0 aliphatic rings. The molecule has 22 heavy (non-hydrogen) atoms. The van der Waals surface area contributed by atoms with Gasteiger partial charge in [-0.15, -0.1) is 0 Å². The summed E-state index contributed by atoms with van der Waals surface area (Å²) >= 11 is 0. The Morgan fingerprint density at radius 1 is 1.41 bits per heavy atom. The smallest absolute Gasteiger partial charge is 0.242 e. The maximum atomic E-state index is 12.2. The van der Waals surface area contributed by atoms with Gasteiger partial charge in [0.1, 0.15) is 17.6 Å². The Kier molecular flexibility index (Phi) is 5.35. The van der Waals surface area contributed by atoms with Crippen LogP contribution in [0.5, 0.6) is 0 Å². The third kappa shape index (κ3) is 4.76. The SMILES string of the molecule is CC(=O)N[C@@H](Cc1cnc[nH]1)C(=O)NCCc1ccc(C)o1. The lowest BCUT2D eigenvalue weighted by molar-refractivity contribution is -0.128. The molecule has 0 aliphatic carbocycles. The minimum Gasteiger partial charge on any atom is -0.466 e. The standard InChI is InChI=1S/C15H20N4O3/c1-10-3-4-13(22-10)5-6-17-15(21)14(19-11(2)20)7-12-8-16-9-18-12/h3-4,8-9,14H,5-7H2,1-2H3,(H,16,18)(H,17,21)(H,19,20)/t14-/m0/s1. The number of H-pyrrole nitrogens is 1. The largest absolute Gasteiger partial charge is 0.466 e. The summed E-state index contributed by atoms with van der Waals surface area (Å²) in [6.07, 6.45) is 4.15. The molecule has 0 fully saturated rings. The molecule has 118 valence electrons. The molecule has 2 rings (SSSR count). The van der Waals surface area contributed by atoms with Crippen molar-refractivity contribution in [2.45, 2.75) is 32.7 Å². The number of hydrogen-bond donors (Lipinski definition) is 3. The van der Waals surface area contributed by atoms with Gasteiger partial charge in [-0.3, -0.25) is 9.59 Å². The van der Waals surface area contributed by atoms with Gasteiger partial charge in [-0.25, -0.2) is 4.98 Å². The molecule has 0 saturated carbocycles. The van der Waals surface area contributed by atoms with Crippen molar-refractivity contribution in [1.29, 1.82) is 0 Å². The van der Waals surface area contributed by atoms with E-state index in [-0.39, 0.29) is 11.8 Å². The van der Waals surface area contributed by atoms with Crippen molar-refractivity contribution in [1.82, 2.24) is 20.6 Å². The Labute approximate surface area is 128 Å². The van der Waals surface area contributed by atoms with Crippen molar-refractivity contribution < 1.29 is 14.0 Å². The van der Waals surface area contributed by atoms with Crippen molar-refractivity contribution in [2.75, 3.05) is 6.54 Å². The van der Waals surface area contributed by atoms with Crippen LogP contribution in [0.15, 0.2) is 29.1 Å². The van der Waals surface area contributed by atoms with Crippen LogP contribution in [0, 0.1) is 6.92 Å². The first-order valence-electron chi connectivity index (χ1n) is 7.12. The Hall–Kier alpha value is -2.57. The molecular weight excluding hydrogens is 284 g/mol. The number of imidazole rings is 1. The number of amides is 2. The molecular formula is C15H20N4O3. The highest BCUT2D eigenvalue weighted by atomic mass is 16.3. The highest BCUT2D eigenvalue weighted by Gasteiger charge is 2.20. The Balaban J connectivity index is 1.86. The molecule has 0 aliphatic heterocycles. The molecule has 0 unspecified atom stereocenters. The molecule has 2 aromatic heterocycles. The van der Waals surface area contributed by atoms with E-state index in [1.807, 2.05) is 19.1 Å². The summed E-state index contributed by atoms with van der Waals surface area (Å²) in [7, 11) is 0. The van der Waals surface area contributed by atoms with Crippen molar-refractivity contribution in [2.24, 2.45) is 0 Å². The van der Waals surface area contributed by atoms with Crippen LogP contribution in [0.1, 0.15) is 24.1 Å². The third-order valence-electron chi connectivity index (χ3n) is 3.14. The predicted octanol–water partition coefficient (Wildman–Crippen LogP) is 0.717. The van der Waals surface area contributed by atoms with E-state index in [0.29, 0.717) is 19.4 Å². The van der Waals surface area contributed by atoms with Crippen LogP contribution in [-0.4, -0.2) is 34.4 Å². The number of nitrogens with zero attached hydrogens (tertiary/aromatic N) is 1. The zero-order valence-corrected chi connectivity index (χ0v) is 12.7. The fourth-order valence-electron chi connectivity index (χ4n) is 2.12. The Morgan fingerprint density at radius 3 is 2.82 bits per heavy atom. The summed E-state index contributed by atoms with van der Waals surface area (Å²) in [4.78, 5) is 30.3. The van der Waals surface area contributed by atoms with Crippen molar-refractivity contribution in [3.63, 3.8) is 0 Å². The Bertz CT molecular complexity index is 619. The first kappa shape index (κ1) is 15.8. The molecule has 0 spiro atoms. The van der Waals surface area contributed by atoms with Crippen LogP contribution in [0.25, 0.3) is 0 Å². The molecule has 0 aromatic carbocycles. The number of nitrogens with one attached hydrogen (secondary N) is 3. The maximum Gasteiger partial charge on any atom is 0.242 e. The molecule has 7 nitrogen and oxygen atoms in total. The van der Waals surface area contributed by atoms with Gasteiger partial charge in [0.05, 0.1) is 6.33 Å². The number of aromatic nitrogens is 2. The van der Waals surface area contributed by atoms with E-state index in [1.165, 1.54) is 13.3 Å². The second-order valence-electron chi connectivity index (χ2n) is 5.09. The third-order valence-corrected chi connectivity index (χ3v) is 3.14. The van der Waals surface area contributed by atoms with E-state index >= 15 is 0 Å². The topological polar surface area (TPSA) is 100 Å². The predicted molar refractivity (Wildman–Crippen MR) is 80.1 cm³/mol. The van der Waals surface area contributed by atoms with Gasteiger partial charge in [-0.1, -0.05) is 0 Å². The number of aromatic amines is 1. The number of carbonyl (C=O) groups is 2. The minimum absolute atomic E-state index is 0.229. The van der Waals surface area contributed by atoms with Gasteiger partial charge in [0.25, 0.3) is 0 Å². The van der Waals surface area contributed by atoms with Gasteiger partial charge < -0.3 is 20.0 Å². The first-order chi connectivity index (χ1) is 10.5. The van der Waals surface area contributed by atoms with Gasteiger partial charge >= 0.3 is 0 Å². The highest BCUT2D eigenvalue weighted by molar-refractivity contribution is 5.87. The highest BCUT2D eigenvalue weighted by Crippen LogP contribution is 2.06. The average Bonchev–Trinajstić information content (AvgIpc) is 3.09. The second-order valence-corrected chi connectivity index (χ2v) is 5.09. The molecule has 7 heteroatoms. The van der Waals surface area contributed by atoms with E-state index in [9.17, 15) is 9.59 Å². The lowest BCUT2D eigenvalue weighted by atomic mass is 10.1. The van der Waals surface area contributed by atoms with E-state index in [1.54, 1.807) is 6.20 Å². The summed E-state index contributed by atoms with van der Waals surface area (Å²) in [6, 6.07) is 3.14. The summed E-state index contributed by atoms with van der Waals surface area (Å²) in [5.41, 5.74) is 0.788. The summed E-state index contributed by atoms with van der Waals surface area (Å²) < 4.78 is 5.44. The van der Waals surface area contributed by atoms with Gasteiger partial charge in [-0.05, 0) is 19.1 Å². The van der Waals surface area contributed by atoms with Crippen LogP contribution in [0.3, 0.4) is 0 Å². The molecule has 3 N–H and O–H groups in total. The molecule has 0 saturated heterocycles. The van der Waals surface area contributed by atoms with E-state index in [2.05, 4.69) is 20.6 Å². The zero-order valence-electron chi connectivity index (χ0n) is 12.7. The van der Waals surface area contributed by atoms with Crippen LogP contribution in [0.4, 0.5) is 0 Å². The molecule has 2 heterocycles. The normalized spacial score (nSPS) is 11.9. The van der Waals surface area contributed by atoms with Gasteiger partial charge in [0.15, 0.2) is 0 Å². The molecule has 1 atom stereocenters. The van der Waals surface area contributed by atoms with Crippen LogP contribution >= 0.6 is 0 Å². The van der Waals surface area contributed by atoms with Crippen LogP contribution in [-0.2, 0) is 22.4 Å². The number of furan rings is 1. The zero-order chi connectivity index (χ0) is 15.9. The monoisotopic (exact) mass is 304 g/mol. The van der Waals surface area contributed by atoms with Gasteiger partial charge in [0.2, 0.25) is 11.8 Å². The van der Waals surface area contributed by atoms with E-state index < -0.39 is 6.04 Å². The van der Waals surface area contributed by atoms with E-state index in [4.69, 9.17) is 4.42 Å². The van der Waals surface area contributed by atoms with E-state index in [0.717, 1.165) is 17.2 Å². The van der Waals surface area contributed by atoms with Crippen molar-refractivity contribution >= 4 is 11.8 Å². The number of carbonyl (C=O) groups excluding carboxylic acids is 2. The van der Waals surface area contributed by atoms with Gasteiger partial charge in [0, 0.05) is 38.2 Å². The van der Waals surface area contributed by atoms with Crippen molar-refractivity contribution in [3.8, 4) is 0 Å². The molecule has 2 amide bonds. The Morgan fingerprint density at radius 2 is 2.23 bits per heavy atom. The molecule has 2 aromatic rings. The first-order valence-corrected chi connectivity index (χ1v) is 7.12. The van der Waals surface area contributed by atoms with Crippen LogP contribution < -0.4 is 10.6 Å². The maximum absolute atomic E-state index is 12.2. The number of rotatable bonds is 7. The average molecular weight is 304 g/mol. The lowest BCUT2D eigenvalue weighted by Crippen LogP contribution is -2.47. The van der Waals surface area contributed by atoms with Crippen molar-refractivity contribution in [3.05, 3.63) is 41.9 Å². The summed E-state index contributed by atoms with van der Waals surface area (Å²) in [6.45, 7) is 3.71. The number of hydrogen-bond acceptors (Lipinski definition) is 4. The molecule has 0 bridgehead atoms. The summed E-state index contributed by atoms with van der Waals surface area (Å²) in [5.74, 6) is 1.19. The quantitative estimate of drug-likeness (QED) is 0.701. The minimum atomic E-state index is -0.628. The lowest BCUT2D eigenvalue weighted by Gasteiger charge is -2.16. The number of aryl methyl sites for hydroxylation is 1. The fraction of sp³-hybridized carbons (Fsp3) is 0.400.